The van der Waals surface area contributed by atoms with Gasteiger partial charge in [-0.3, -0.25) is 4.79 Å². The minimum atomic E-state index is -2.35. The van der Waals surface area contributed by atoms with E-state index in [-0.39, 0.29) is 5.69 Å². The number of carboxylic acids is 1. The van der Waals surface area contributed by atoms with Gasteiger partial charge in [-0.25, -0.2) is 4.98 Å². The molecule has 0 aliphatic carbocycles. The van der Waals surface area contributed by atoms with E-state index in [1.807, 2.05) is 0 Å². The maximum absolute atomic E-state index is 10.5. The average Bonchev–Trinajstić information content (AvgIpc) is 2.54. The van der Waals surface area contributed by atoms with E-state index in [2.05, 4.69) is 9.97 Å². The molecule has 0 aromatic carbocycles. The lowest BCUT2D eigenvalue weighted by molar-refractivity contribution is -0.138. The first kappa shape index (κ1) is 5.31. The lowest BCUT2D eigenvalue weighted by Crippen LogP contribution is -2.32. The van der Waals surface area contributed by atoms with Gasteiger partial charge in [0.05, 0.1) is 7.70 Å². The Hall–Kier alpha value is -1.36. The number of hydrogen-bond acceptors (Lipinski definition) is 3. The van der Waals surface area contributed by atoms with Crippen LogP contribution in [0.4, 0.5) is 0 Å². The van der Waals surface area contributed by atoms with Gasteiger partial charge in [0.2, 0.25) is 0 Å². The summed E-state index contributed by atoms with van der Waals surface area (Å²) < 4.78 is 14.6. The topological polar surface area (TPSA) is 92.0 Å². The molecule has 1 heterocycles. The molecule has 5 nitrogen and oxygen atoms in total. The molecule has 5 heteroatoms. The fourth-order valence-corrected chi connectivity index (χ4v) is 0.575. The number of carbonyl (C=O) groups is 1. The molecule has 0 radical (unpaired) electrons. The molecule has 0 amide bonds. The Bertz CT molecular complexity index is 299. The minimum absolute atomic E-state index is 0.208. The van der Waals surface area contributed by atoms with Crippen molar-refractivity contribution in [2.24, 2.45) is 5.73 Å². The Labute approximate surface area is 66.1 Å². The largest absolute Gasteiger partial charge is 0.480 e. The first-order valence-corrected chi connectivity index (χ1v) is 2.89. The van der Waals surface area contributed by atoms with Crippen molar-refractivity contribution in [3.05, 3.63) is 18.2 Å². The van der Waals surface area contributed by atoms with Crippen molar-refractivity contribution < 1.29 is 12.6 Å². The molecule has 1 aromatic heterocycles. The Morgan fingerprint density at radius 3 is 3.36 bits per heavy atom. The Morgan fingerprint density at radius 2 is 2.91 bits per heavy atom. The number of aromatic amines is 1. The van der Waals surface area contributed by atoms with Gasteiger partial charge in [-0.2, -0.15) is 0 Å². The third-order valence-electron chi connectivity index (χ3n) is 1.08. The summed E-state index contributed by atoms with van der Waals surface area (Å²) in [7, 11) is 0. The second kappa shape index (κ2) is 3.16. The van der Waals surface area contributed by atoms with Crippen LogP contribution in [0.1, 0.15) is 8.44 Å². The Balaban J connectivity index is 2.90. The van der Waals surface area contributed by atoms with E-state index in [1.165, 1.54) is 12.5 Å². The molecular formula is C6H9N3O2. The molecule has 0 aliphatic rings. The molecule has 11 heavy (non-hydrogen) atoms. The second-order valence-electron chi connectivity index (χ2n) is 1.91. The van der Waals surface area contributed by atoms with Gasteiger partial charge in [-0.1, -0.05) is 0 Å². The van der Waals surface area contributed by atoms with Crippen LogP contribution < -0.4 is 5.73 Å². The van der Waals surface area contributed by atoms with Crippen LogP contribution in [0.25, 0.3) is 0 Å². The summed E-state index contributed by atoms with van der Waals surface area (Å²) in [5, 5.41) is 8.54. The smallest absolute Gasteiger partial charge is 0.320 e. The SMILES string of the molecule is [2H][C@@H](c1cnc[nH]1)[C@@]([2H])(N)C(=O)O. The van der Waals surface area contributed by atoms with E-state index in [9.17, 15) is 4.79 Å². The third-order valence-corrected chi connectivity index (χ3v) is 1.08. The predicted octanol–water partition coefficient (Wildman–Crippen LogP) is -0.636. The van der Waals surface area contributed by atoms with Gasteiger partial charge in [-0.15, -0.1) is 0 Å². The van der Waals surface area contributed by atoms with Crippen molar-refractivity contribution in [1.82, 2.24) is 9.97 Å². The molecule has 0 unspecified atom stereocenters. The monoisotopic (exact) mass is 157 g/mol. The summed E-state index contributed by atoms with van der Waals surface area (Å²) in [6.07, 6.45) is 1.19. The molecule has 0 saturated heterocycles. The van der Waals surface area contributed by atoms with Gasteiger partial charge in [-0.05, 0) is 0 Å². The van der Waals surface area contributed by atoms with E-state index in [0.717, 1.165) is 0 Å². The molecule has 0 fully saturated rings. The van der Waals surface area contributed by atoms with Crippen molar-refractivity contribution in [1.29, 1.82) is 0 Å². The van der Waals surface area contributed by atoms with E-state index in [0.29, 0.717) is 0 Å². The summed E-state index contributed by atoms with van der Waals surface area (Å²) >= 11 is 0. The van der Waals surface area contributed by atoms with Crippen LogP contribution in [0.5, 0.6) is 0 Å². The quantitative estimate of drug-likeness (QED) is 0.544. The van der Waals surface area contributed by atoms with Crippen molar-refractivity contribution in [3.63, 3.8) is 0 Å². The summed E-state index contributed by atoms with van der Waals surface area (Å²) in [5.74, 6) is -1.54. The van der Waals surface area contributed by atoms with Crippen LogP contribution in [0.2, 0.25) is 0 Å². The van der Waals surface area contributed by atoms with Crippen LogP contribution in [-0.2, 0) is 11.2 Å². The Kier molecular flexibility index (Phi) is 1.52. The van der Waals surface area contributed by atoms with Gasteiger partial charge >= 0.3 is 5.97 Å². The van der Waals surface area contributed by atoms with Crippen LogP contribution >= 0.6 is 0 Å². The number of nitrogens with zero attached hydrogens (tertiary/aromatic N) is 1. The highest BCUT2D eigenvalue weighted by molar-refractivity contribution is 5.73. The number of carboxylic acid groups (broad SMARTS) is 1. The van der Waals surface area contributed by atoms with Crippen molar-refractivity contribution in [2.75, 3.05) is 0 Å². The highest BCUT2D eigenvalue weighted by atomic mass is 16.4. The first-order chi connectivity index (χ1) is 5.96. The van der Waals surface area contributed by atoms with Crippen molar-refractivity contribution in [2.45, 2.75) is 12.4 Å². The first-order valence-electron chi connectivity index (χ1n) is 3.96. The van der Waals surface area contributed by atoms with E-state index >= 15 is 0 Å². The molecule has 4 N–H and O–H groups in total. The maximum atomic E-state index is 10.5. The maximum Gasteiger partial charge on any atom is 0.320 e. The standard InChI is InChI=1S/C6H9N3O2/c7-5(6(10)11)1-4-2-8-3-9-4/h2-3,5H,1,7H2,(H,8,9)(H,10,11)/t5-/m1/s1/i1D,5D/t1-,5+/m0. The zero-order valence-corrected chi connectivity index (χ0v) is 5.61. The number of H-pyrrole nitrogens is 1. The normalized spacial score (nSPS) is 21.2. The number of aliphatic carboxylic acids is 1. The minimum Gasteiger partial charge on any atom is -0.480 e. The number of nitrogens with one attached hydrogen (secondary N) is 1. The lowest BCUT2D eigenvalue weighted by Gasteiger charge is -2.02. The van der Waals surface area contributed by atoms with Gasteiger partial charge < -0.3 is 15.8 Å². The van der Waals surface area contributed by atoms with Gasteiger partial charge in [0, 0.05) is 19.7 Å². The van der Waals surface area contributed by atoms with Crippen LogP contribution in [0.3, 0.4) is 0 Å². The lowest BCUT2D eigenvalue weighted by atomic mass is 10.2. The summed E-state index contributed by atoms with van der Waals surface area (Å²) in [4.78, 5) is 16.6. The molecule has 2 atom stereocenters. The van der Waals surface area contributed by atoms with Crippen LogP contribution in [0, 0.1) is 0 Å². The summed E-state index contributed by atoms with van der Waals surface area (Å²) in [5.41, 5.74) is 5.33. The molecule has 0 saturated carbocycles. The molecule has 0 spiro atoms. The van der Waals surface area contributed by atoms with E-state index in [4.69, 9.17) is 13.6 Å². The predicted molar refractivity (Wildman–Crippen MR) is 37.9 cm³/mol. The van der Waals surface area contributed by atoms with Gasteiger partial charge in [0.25, 0.3) is 0 Å². The number of aromatic nitrogens is 2. The highest BCUT2D eigenvalue weighted by Gasteiger charge is 2.11. The Morgan fingerprint density at radius 1 is 2.18 bits per heavy atom. The number of imidazole rings is 1. The van der Waals surface area contributed by atoms with Crippen LogP contribution in [-0.4, -0.2) is 27.1 Å². The zero-order chi connectivity index (χ0) is 10.1. The molecule has 1 rings (SSSR count). The third kappa shape index (κ3) is 2.05. The molecule has 0 bridgehead atoms. The molecule has 60 valence electrons. The average molecular weight is 157 g/mol. The summed E-state index contributed by atoms with van der Waals surface area (Å²) in [6.45, 7) is 0. The van der Waals surface area contributed by atoms with Crippen molar-refractivity contribution >= 4 is 5.97 Å². The number of nitrogens with two attached hydrogens (primary N) is 1. The van der Waals surface area contributed by atoms with Crippen LogP contribution in [0.15, 0.2) is 12.5 Å². The summed E-state index contributed by atoms with van der Waals surface area (Å²) in [6, 6.07) is -2.35. The van der Waals surface area contributed by atoms with Gasteiger partial charge in [0.1, 0.15) is 6.02 Å². The fraction of sp³-hybridized carbons (Fsp3) is 0.333. The molecule has 0 aliphatic heterocycles. The van der Waals surface area contributed by atoms with E-state index < -0.39 is 18.4 Å². The molecular weight excluding hydrogens is 146 g/mol. The van der Waals surface area contributed by atoms with E-state index in [1.54, 1.807) is 0 Å². The van der Waals surface area contributed by atoms with Crippen molar-refractivity contribution in [3.8, 4) is 0 Å². The number of hydrogen-bond donors (Lipinski definition) is 3. The molecule has 1 aromatic rings. The zero-order valence-electron chi connectivity index (χ0n) is 7.61. The second-order valence-corrected chi connectivity index (χ2v) is 1.91. The number of rotatable bonds is 3. The fourth-order valence-electron chi connectivity index (χ4n) is 0.575. The van der Waals surface area contributed by atoms with Gasteiger partial charge in [0.15, 0.2) is 0 Å². The highest BCUT2D eigenvalue weighted by Crippen LogP contribution is 1.95.